The molecular weight excluding hydrogens is 408 g/mol. The molecule has 1 heterocycles. The van der Waals surface area contributed by atoms with Gasteiger partial charge in [0.05, 0.1) is 13.7 Å². The van der Waals surface area contributed by atoms with Gasteiger partial charge < -0.3 is 25.0 Å². The van der Waals surface area contributed by atoms with Crippen LogP contribution in [0.25, 0.3) is 6.08 Å². The van der Waals surface area contributed by atoms with Crippen molar-refractivity contribution in [3.63, 3.8) is 0 Å². The van der Waals surface area contributed by atoms with Gasteiger partial charge in [0.25, 0.3) is 0 Å². The summed E-state index contributed by atoms with van der Waals surface area (Å²) in [5, 5.41) is 5.52. The number of methoxy groups -OCH3 is 1. The summed E-state index contributed by atoms with van der Waals surface area (Å²) in [5.74, 6) is -0.379. The van der Waals surface area contributed by atoms with Gasteiger partial charge in [-0.1, -0.05) is 24.3 Å². The fourth-order valence-electron chi connectivity index (χ4n) is 3.14. The second-order valence-electron chi connectivity index (χ2n) is 6.75. The van der Waals surface area contributed by atoms with Gasteiger partial charge in [0.2, 0.25) is 11.8 Å². The number of carbonyl (C=O) groups excluding carboxylic acids is 2. The van der Waals surface area contributed by atoms with Crippen molar-refractivity contribution >= 4 is 23.6 Å². The Labute approximate surface area is 178 Å². The summed E-state index contributed by atoms with van der Waals surface area (Å²) in [7, 11) is 1.35. The first-order chi connectivity index (χ1) is 15.0. The number of rotatable bonds is 8. The molecule has 1 fully saturated rings. The van der Waals surface area contributed by atoms with Crippen LogP contribution in [0.1, 0.15) is 11.1 Å². The van der Waals surface area contributed by atoms with E-state index in [-0.39, 0.29) is 23.3 Å². The number of piperazine rings is 1. The van der Waals surface area contributed by atoms with Gasteiger partial charge in [0.1, 0.15) is 0 Å². The summed E-state index contributed by atoms with van der Waals surface area (Å²) < 4.78 is 34.9. The van der Waals surface area contributed by atoms with Crippen LogP contribution in [0.5, 0.6) is 11.5 Å². The molecule has 3 rings (SSSR count). The van der Waals surface area contributed by atoms with Crippen molar-refractivity contribution in [2.45, 2.75) is 13.2 Å². The number of nitrogens with one attached hydrogen (secondary N) is 2. The summed E-state index contributed by atoms with van der Waals surface area (Å²) in [6, 6.07) is 12.2. The molecular formula is C22H23F2N3O4. The summed E-state index contributed by atoms with van der Waals surface area (Å²) in [6.45, 7) is -1.04. The van der Waals surface area contributed by atoms with Crippen LogP contribution in [0.15, 0.2) is 48.5 Å². The predicted octanol–water partition coefficient (Wildman–Crippen LogP) is 2.56. The third kappa shape index (κ3) is 6.18. The van der Waals surface area contributed by atoms with Crippen molar-refractivity contribution < 1.29 is 27.8 Å². The summed E-state index contributed by atoms with van der Waals surface area (Å²) in [5.41, 5.74) is 2.12. The lowest BCUT2D eigenvalue weighted by Crippen LogP contribution is -2.47. The lowest BCUT2D eigenvalue weighted by molar-refractivity contribution is -0.120. The number of nitrogens with zero attached hydrogens (tertiary/aromatic N) is 1. The number of anilines is 1. The zero-order chi connectivity index (χ0) is 22.2. The molecule has 7 nitrogen and oxygen atoms in total. The third-order valence-corrected chi connectivity index (χ3v) is 4.66. The molecule has 0 aromatic heterocycles. The highest BCUT2D eigenvalue weighted by Gasteiger charge is 2.16. The summed E-state index contributed by atoms with van der Waals surface area (Å²) in [4.78, 5) is 25.6. The van der Waals surface area contributed by atoms with Crippen molar-refractivity contribution in [2.24, 2.45) is 0 Å². The molecule has 2 aromatic rings. The maximum atomic E-state index is 12.7. The molecule has 164 valence electrons. The minimum Gasteiger partial charge on any atom is -0.493 e. The van der Waals surface area contributed by atoms with E-state index in [1.165, 1.54) is 25.3 Å². The van der Waals surface area contributed by atoms with Gasteiger partial charge in [0.15, 0.2) is 11.5 Å². The standard InChI is InChI=1S/C22H23F2N3O4/c1-30-18-4-2-3-16(21(18)31-22(23)24)7-10-19(28)26-13-15-5-8-17(9-6-15)27-12-11-25-20(29)14-27/h2-10,22H,11-14H2,1H3,(H,25,29)(H,26,28)/b10-7+. The number of alkyl halides is 2. The van der Waals surface area contributed by atoms with E-state index in [0.29, 0.717) is 25.2 Å². The Morgan fingerprint density at radius 2 is 2.03 bits per heavy atom. The fourth-order valence-corrected chi connectivity index (χ4v) is 3.14. The summed E-state index contributed by atoms with van der Waals surface area (Å²) >= 11 is 0. The Bertz CT molecular complexity index is 948. The monoisotopic (exact) mass is 431 g/mol. The molecule has 0 aliphatic carbocycles. The number of amides is 2. The van der Waals surface area contributed by atoms with Gasteiger partial charge in [-0.3, -0.25) is 9.59 Å². The molecule has 1 aliphatic rings. The second kappa shape index (κ2) is 10.4. The average Bonchev–Trinajstić information content (AvgIpc) is 2.77. The number of ether oxygens (including phenoxy) is 2. The van der Waals surface area contributed by atoms with Crippen LogP contribution < -0.4 is 25.0 Å². The van der Waals surface area contributed by atoms with E-state index in [4.69, 9.17) is 4.74 Å². The zero-order valence-electron chi connectivity index (χ0n) is 16.9. The average molecular weight is 431 g/mol. The lowest BCUT2D eigenvalue weighted by Gasteiger charge is -2.28. The van der Waals surface area contributed by atoms with Crippen molar-refractivity contribution in [1.82, 2.24) is 10.6 Å². The molecule has 2 N–H and O–H groups in total. The number of benzene rings is 2. The highest BCUT2D eigenvalue weighted by atomic mass is 19.3. The number of halogens is 2. The van der Waals surface area contributed by atoms with E-state index in [2.05, 4.69) is 15.4 Å². The van der Waals surface area contributed by atoms with Crippen LogP contribution in [0.4, 0.5) is 14.5 Å². The first-order valence-electron chi connectivity index (χ1n) is 9.64. The molecule has 2 aromatic carbocycles. The number of hydrogen-bond acceptors (Lipinski definition) is 5. The largest absolute Gasteiger partial charge is 0.493 e. The van der Waals surface area contributed by atoms with E-state index in [0.717, 1.165) is 17.8 Å². The Kier molecular flexibility index (Phi) is 7.42. The molecule has 0 saturated carbocycles. The molecule has 0 radical (unpaired) electrons. The van der Waals surface area contributed by atoms with Crippen molar-refractivity contribution in [3.8, 4) is 11.5 Å². The van der Waals surface area contributed by atoms with Gasteiger partial charge >= 0.3 is 6.61 Å². The maximum absolute atomic E-state index is 12.7. The van der Waals surface area contributed by atoms with Crippen LogP contribution in [0, 0.1) is 0 Å². The van der Waals surface area contributed by atoms with Crippen LogP contribution in [0.3, 0.4) is 0 Å². The first-order valence-corrected chi connectivity index (χ1v) is 9.64. The van der Waals surface area contributed by atoms with Gasteiger partial charge in [-0.2, -0.15) is 8.78 Å². The maximum Gasteiger partial charge on any atom is 0.387 e. The normalized spacial score (nSPS) is 13.9. The molecule has 0 spiro atoms. The SMILES string of the molecule is COc1cccc(/C=C/C(=O)NCc2ccc(N3CCNC(=O)C3)cc2)c1OC(F)F. The number of carbonyl (C=O) groups is 2. The molecule has 1 aliphatic heterocycles. The van der Waals surface area contributed by atoms with E-state index < -0.39 is 6.61 Å². The van der Waals surface area contributed by atoms with Gasteiger partial charge in [-0.15, -0.1) is 0 Å². The molecule has 31 heavy (non-hydrogen) atoms. The molecule has 0 unspecified atom stereocenters. The zero-order valence-corrected chi connectivity index (χ0v) is 16.9. The fraction of sp³-hybridized carbons (Fsp3) is 0.273. The van der Waals surface area contributed by atoms with Gasteiger partial charge in [-0.25, -0.2) is 0 Å². The number of para-hydroxylation sites is 1. The van der Waals surface area contributed by atoms with Crippen LogP contribution >= 0.6 is 0 Å². The van der Waals surface area contributed by atoms with Gasteiger partial charge in [0, 0.05) is 37.0 Å². The smallest absolute Gasteiger partial charge is 0.387 e. The third-order valence-electron chi connectivity index (χ3n) is 4.66. The molecule has 2 amide bonds. The van der Waals surface area contributed by atoms with Gasteiger partial charge in [-0.05, 0) is 29.8 Å². The van der Waals surface area contributed by atoms with E-state index >= 15 is 0 Å². The Morgan fingerprint density at radius 1 is 1.26 bits per heavy atom. The van der Waals surface area contributed by atoms with E-state index in [9.17, 15) is 18.4 Å². The highest BCUT2D eigenvalue weighted by molar-refractivity contribution is 5.92. The second-order valence-corrected chi connectivity index (χ2v) is 6.75. The first kappa shape index (κ1) is 22.1. The Morgan fingerprint density at radius 3 is 2.71 bits per heavy atom. The van der Waals surface area contributed by atoms with E-state index in [1.54, 1.807) is 12.1 Å². The van der Waals surface area contributed by atoms with Crippen molar-refractivity contribution in [1.29, 1.82) is 0 Å². The van der Waals surface area contributed by atoms with Crippen LogP contribution in [-0.2, 0) is 16.1 Å². The predicted molar refractivity (Wildman–Crippen MR) is 112 cm³/mol. The quantitative estimate of drug-likeness (QED) is 0.628. The highest BCUT2D eigenvalue weighted by Crippen LogP contribution is 2.33. The minimum atomic E-state index is -3.01. The van der Waals surface area contributed by atoms with Crippen molar-refractivity contribution in [3.05, 3.63) is 59.7 Å². The van der Waals surface area contributed by atoms with E-state index in [1.807, 2.05) is 29.2 Å². The molecule has 0 bridgehead atoms. The van der Waals surface area contributed by atoms with Crippen molar-refractivity contribution in [2.75, 3.05) is 31.6 Å². The van der Waals surface area contributed by atoms with Crippen LogP contribution in [0.2, 0.25) is 0 Å². The lowest BCUT2D eigenvalue weighted by atomic mass is 10.1. The summed E-state index contributed by atoms with van der Waals surface area (Å²) in [6.07, 6.45) is 2.63. The van der Waals surface area contributed by atoms with Crippen LogP contribution in [-0.4, -0.2) is 45.2 Å². The molecule has 1 saturated heterocycles. The Hall–Kier alpha value is -3.62. The topological polar surface area (TPSA) is 79.9 Å². The minimum absolute atomic E-state index is 0.00693. The molecule has 0 atom stereocenters. The Balaban J connectivity index is 1.58. The number of hydrogen-bond donors (Lipinski definition) is 2. The molecule has 9 heteroatoms.